The van der Waals surface area contributed by atoms with Gasteiger partial charge in [-0.15, -0.1) is 0 Å². The van der Waals surface area contributed by atoms with Crippen molar-refractivity contribution >= 4 is 23.4 Å². The molecule has 0 aliphatic heterocycles. The molecule has 1 heterocycles. The Hall–Kier alpha value is -1.88. The van der Waals surface area contributed by atoms with E-state index in [1.165, 1.54) is 17.3 Å². The predicted molar refractivity (Wildman–Crippen MR) is 86.5 cm³/mol. The third-order valence-corrected chi connectivity index (χ3v) is 4.03. The van der Waals surface area contributed by atoms with E-state index < -0.39 is 0 Å². The number of aromatic nitrogens is 2. The van der Waals surface area contributed by atoms with Gasteiger partial charge in [0.15, 0.2) is 5.16 Å². The molecule has 4 nitrogen and oxygen atoms in total. The van der Waals surface area contributed by atoms with Crippen molar-refractivity contribution in [3.05, 3.63) is 48.3 Å². The Balaban J connectivity index is 1.94. The SMILES string of the molecule is CC(Sc1ncccn1)C(=O)Nc1ccc(C(C)C)cc1. The Labute approximate surface area is 129 Å². The first-order valence-corrected chi connectivity index (χ1v) is 7.78. The number of nitrogens with zero attached hydrogens (tertiary/aromatic N) is 2. The Morgan fingerprint density at radius 3 is 2.29 bits per heavy atom. The number of carbonyl (C=O) groups excluding carboxylic acids is 1. The van der Waals surface area contributed by atoms with Gasteiger partial charge in [-0.25, -0.2) is 9.97 Å². The van der Waals surface area contributed by atoms with Crippen LogP contribution in [0.3, 0.4) is 0 Å². The molecule has 1 aromatic heterocycles. The molecule has 0 fully saturated rings. The van der Waals surface area contributed by atoms with Crippen molar-refractivity contribution in [2.45, 2.75) is 37.1 Å². The van der Waals surface area contributed by atoms with Gasteiger partial charge in [0.05, 0.1) is 5.25 Å². The number of hydrogen-bond acceptors (Lipinski definition) is 4. The average Bonchev–Trinajstić information content (AvgIpc) is 2.48. The molecule has 1 amide bonds. The van der Waals surface area contributed by atoms with E-state index in [9.17, 15) is 4.79 Å². The molecule has 0 saturated carbocycles. The first kappa shape index (κ1) is 15.5. The average molecular weight is 301 g/mol. The zero-order chi connectivity index (χ0) is 15.2. The highest BCUT2D eigenvalue weighted by atomic mass is 32.2. The molecule has 1 aromatic carbocycles. The summed E-state index contributed by atoms with van der Waals surface area (Å²) in [4.78, 5) is 20.4. The summed E-state index contributed by atoms with van der Waals surface area (Å²) in [5.41, 5.74) is 2.07. The third-order valence-electron chi connectivity index (χ3n) is 3.04. The third kappa shape index (κ3) is 4.56. The lowest BCUT2D eigenvalue weighted by molar-refractivity contribution is -0.115. The number of anilines is 1. The number of amides is 1. The highest BCUT2D eigenvalue weighted by molar-refractivity contribution is 8.00. The van der Waals surface area contributed by atoms with Crippen molar-refractivity contribution in [3.8, 4) is 0 Å². The molecule has 0 aliphatic carbocycles. The molecule has 0 bridgehead atoms. The number of nitrogens with one attached hydrogen (secondary N) is 1. The number of hydrogen-bond donors (Lipinski definition) is 1. The summed E-state index contributed by atoms with van der Waals surface area (Å²) in [6.07, 6.45) is 3.34. The Morgan fingerprint density at radius 1 is 1.10 bits per heavy atom. The van der Waals surface area contributed by atoms with Gasteiger partial charge in [-0.1, -0.05) is 37.7 Å². The standard InChI is InChI=1S/C16H19N3OS/c1-11(2)13-5-7-14(8-6-13)19-15(20)12(3)21-16-17-9-4-10-18-16/h4-12H,1-3H3,(H,19,20). The minimum Gasteiger partial charge on any atom is -0.325 e. The maximum Gasteiger partial charge on any atom is 0.237 e. The van der Waals surface area contributed by atoms with Crippen molar-refractivity contribution in [2.75, 3.05) is 5.32 Å². The molecule has 5 heteroatoms. The van der Waals surface area contributed by atoms with Crippen molar-refractivity contribution in [3.63, 3.8) is 0 Å². The van der Waals surface area contributed by atoms with E-state index in [-0.39, 0.29) is 11.2 Å². The van der Waals surface area contributed by atoms with Gasteiger partial charge in [0.2, 0.25) is 5.91 Å². The van der Waals surface area contributed by atoms with Gasteiger partial charge in [-0.3, -0.25) is 4.79 Å². The molecule has 1 atom stereocenters. The van der Waals surface area contributed by atoms with Gasteiger partial charge < -0.3 is 5.32 Å². The Morgan fingerprint density at radius 2 is 1.71 bits per heavy atom. The fourth-order valence-electron chi connectivity index (χ4n) is 1.75. The maximum absolute atomic E-state index is 12.1. The van der Waals surface area contributed by atoms with Crippen molar-refractivity contribution in [1.29, 1.82) is 0 Å². The fraction of sp³-hybridized carbons (Fsp3) is 0.312. The molecule has 2 rings (SSSR count). The van der Waals surface area contributed by atoms with Crippen LogP contribution in [0.25, 0.3) is 0 Å². The molecular formula is C16H19N3OS. The Kier molecular flexibility index (Phi) is 5.33. The van der Waals surface area contributed by atoms with E-state index in [0.717, 1.165) is 5.69 Å². The van der Waals surface area contributed by atoms with E-state index >= 15 is 0 Å². The van der Waals surface area contributed by atoms with E-state index in [1.807, 2.05) is 31.2 Å². The van der Waals surface area contributed by atoms with Crippen LogP contribution >= 0.6 is 11.8 Å². The molecule has 0 radical (unpaired) electrons. The summed E-state index contributed by atoms with van der Waals surface area (Å²) < 4.78 is 0. The summed E-state index contributed by atoms with van der Waals surface area (Å²) >= 11 is 1.34. The van der Waals surface area contributed by atoms with Crippen LogP contribution in [0.15, 0.2) is 47.9 Å². The van der Waals surface area contributed by atoms with Crippen LogP contribution < -0.4 is 5.32 Å². The molecule has 1 N–H and O–H groups in total. The van der Waals surface area contributed by atoms with Gasteiger partial charge in [-0.05, 0) is 36.6 Å². The molecule has 2 aromatic rings. The molecule has 0 spiro atoms. The summed E-state index contributed by atoms with van der Waals surface area (Å²) in [5, 5.41) is 3.27. The van der Waals surface area contributed by atoms with Crippen molar-refractivity contribution in [2.24, 2.45) is 0 Å². The maximum atomic E-state index is 12.1. The predicted octanol–water partition coefficient (Wildman–Crippen LogP) is 3.72. The van der Waals surface area contributed by atoms with E-state index in [2.05, 4.69) is 29.1 Å². The zero-order valence-electron chi connectivity index (χ0n) is 12.4. The van der Waals surface area contributed by atoms with Gasteiger partial charge in [-0.2, -0.15) is 0 Å². The first-order chi connectivity index (χ1) is 10.1. The lowest BCUT2D eigenvalue weighted by Crippen LogP contribution is -2.22. The molecule has 0 aliphatic rings. The van der Waals surface area contributed by atoms with Crippen LogP contribution in [0.1, 0.15) is 32.3 Å². The topological polar surface area (TPSA) is 54.9 Å². The highest BCUT2D eigenvalue weighted by Crippen LogP contribution is 2.21. The van der Waals surface area contributed by atoms with Crippen LogP contribution in [-0.4, -0.2) is 21.1 Å². The van der Waals surface area contributed by atoms with Crippen LogP contribution in [0.5, 0.6) is 0 Å². The van der Waals surface area contributed by atoms with Crippen LogP contribution in [-0.2, 0) is 4.79 Å². The molecule has 1 unspecified atom stereocenters. The molecular weight excluding hydrogens is 282 g/mol. The molecule has 21 heavy (non-hydrogen) atoms. The summed E-state index contributed by atoms with van der Waals surface area (Å²) in [6.45, 7) is 6.14. The zero-order valence-corrected chi connectivity index (χ0v) is 13.2. The van der Waals surface area contributed by atoms with E-state index in [1.54, 1.807) is 18.5 Å². The lowest BCUT2D eigenvalue weighted by atomic mass is 10.0. The minimum atomic E-state index is -0.253. The van der Waals surface area contributed by atoms with Crippen LogP contribution in [0.4, 0.5) is 5.69 Å². The van der Waals surface area contributed by atoms with Gasteiger partial charge in [0.1, 0.15) is 0 Å². The smallest absolute Gasteiger partial charge is 0.237 e. The second-order valence-electron chi connectivity index (χ2n) is 5.06. The van der Waals surface area contributed by atoms with Gasteiger partial charge >= 0.3 is 0 Å². The summed E-state index contributed by atoms with van der Waals surface area (Å²) in [6, 6.07) is 9.70. The van der Waals surface area contributed by atoms with E-state index in [0.29, 0.717) is 11.1 Å². The fourth-order valence-corrected chi connectivity index (χ4v) is 2.48. The molecule has 0 saturated heterocycles. The van der Waals surface area contributed by atoms with Crippen LogP contribution in [0, 0.1) is 0 Å². The quantitative estimate of drug-likeness (QED) is 0.675. The number of carbonyl (C=O) groups is 1. The second-order valence-corrected chi connectivity index (χ2v) is 6.37. The van der Waals surface area contributed by atoms with Gasteiger partial charge in [0, 0.05) is 18.1 Å². The Bertz CT molecular complexity index is 584. The van der Waals surface area contributed by atoms with Crippen LogP contribution in [0.2, 0.25) is 0 Å². The summed E-state index contributed by atoms with van der Waals surface area (Å²) in [5.74, 6) is 0.434. The number of thioether (sulfide) groups is 1. The highest BCUT2D eigenvalue weighted by Gasteiger charge is 2.15. The monoisotopic (exact) mass is 301 g/mol. The normalized spacial score (nSPS) is 12.2. The first-order valence-electron chi connectivity index (χ1n) is 6.90. The largest absolute Gasteiger partial charge is 0.325 e. The number of rotatable bonds is 5. The molecule has 110 valence electrons. The van der Waals surface area contributed by atoms with Crippen molar-refractivity contribution in [1.82, 2.24) is 9.97 Å². The van der Waals surface area contributed by atoms with Gasteiger partial charge in [0.25, 0.3) is 0 Å². The van der Waals surface area contributed by atoms with E-state index in [4.69, 9.17) is 0 Å². The van der Waals surface area contributed by atoms with Crippen molar-refractivity contribution < 1.29 is 4.79 Å². The minimum absolute atomic E-state index is 0.0512. The lowest BCUT2D eigenvalue weighted by Gasteiger charge is -2.12. The summed E-state index contributed by atoms with van der Waals surface area (Å²) in [7, 11) is 0. The number of benzene rings is 1. The second kappa shape index (κ2) is 7.22.